The summed E-state index contributed by atoms with van der Waals surface area (Å²) >= 11 is 1.48. The molecule has 0 bridgehead atoms. The maximum atomic E-state index is 12.8. The number of hydrogen-bond acceptors (Lipinski definition) is 6. The van der Waals surface area contributed by atoms with E-state index in [0.29, 0.717) is 17.7 Å². The second kappa shape index (κ2) is 12.3. The number of hydrogen-bond donors (Lipinski definition) is 5. The Morgan fingerprint density at radius 3 is 2.21 bits per heavy atom. The number of phenols is 1. The van der Waals surface area contributed by atoms with Gasteiger partial charge in [0.15, 0.2) is 0 Å². The number of phenolic OH excluding ortho intramolecular Hbond substituents is 1. The van der Waals surface area contributed by atoms with Crippen LogP contribution in [0.4, 0.5) is 0 Å². The van der Waals surface area contributed by atoms with Crippen LogP contribution in [0.5, 0.6) is 5.75 Å². The fourth-order valence-electron chi connectivity index (χ4n) is 2.62. The third-order valence-electron chi connectivity index (χ3n) is 4.79. The minimum absolute atomic E-state index is 0.0688. The van der Waals surface area contributed by atoms with Crippen molar-refractivity contribution < 1.29 is 24.6 Å². The number of carboxylic acids is 1. The zero-order valence-corrected chi connectivity index (χ0v) is 17.9. The van der Waals surface area contributed by atoms with E-state index < -0.39 is 35.9 Å². The molecule has 0 radical (unpaired) electrons. The van der Waals surface area contributed by atoms with Crippen LogP contribution in [0, 0.1) is 5.92 Å². The summed E-state index contributed by atoms with van der Waals surface area (Å²) in [7, 11) is 0. The summed E-state index contributed by atoms with van der Waals surface area (Å²) < 4.78 is 0. The van der Waals surface area contributed by atoms with Crippen LogP contribution in [0.25, 0.3) is 0 Å². The van der Waals surface area contributed by atoms with Crippen LogP contribution >= 0.6 is 11.8 Å². The SMILES string of the molecule is CC[C@H](C)[C@H](N)C(=O)N[C@@H](Cc1ccc(O)cc1)C(=O)N[C@@H](CCSC)C(=O)O. The van der Waals surface area contributed by atoms with Gasteiger partial charge < -0.3 is 26.6 Å². The first-order chi connectivity index (χ1) is 13.7. The number of carbonyl (C=O) groups is 3. The van der Waals surface area contributed by atoms with E-state index in [0.717, 1.165) is 0 Å². The molecule has 0 saturated carbocycles. The van der Waals surface area contributed by atoms with Crippen LogP contribution in [0.15, 0.2) is 24.3 Å². The number of aliphatic carboxylic acids is 1. The Morgan fingerprint density at radius 2 is 1.69 bits per heavy atom. The molecule has 29 heavy (non-hydrogen) atoms. The molecule has 2 amide bonds. The largest absolute Gasteiger partial charge is 0.508 e. The molecule has 0 unspecified atom stereocenters. The molecule has 1 rings (SSSR count). The van der Waals surface area contributed by atoms with Crippen molar-refractivity contribution in [3.05, 3.63) is 29.8 Å². The highest BCUT2D eigenvalue weighted by molar-refractivity contribution is 7.98. The van der Waals surface area contributed by atoms with Gasteiger partial charge in [0.05, 0.1) is 6.04 Å². The topological polar surface area (TPSA) is 142 Å². The minimum atomic E-state index is -1.13. The second-order valence-corrected chi connectivity index (χ2v) is 8.01. The minimum Gasteiger partial charge on any atom is -0.508 e. The Labute approximate surface area is 175 Å². The van der Waals surface area contributed by atoms with E-state index in [1.54, 1.807) is 12.1 Å². The van der Waals surface area contributed by atoms with Gasteiger partial charge >= 0.3 is 5.97 Å². The Bertz CT molecular complexity index is 683. The summed E-state index contributed by atoms with van der Waals surface area (Å²) in [5.41, 5.74) is 6.68. The van der Waals surface area contributed by atoms with Crippen molar-refractivity contribution in [2.75, 3.05) is 12.0 Å². The van der Waals surface area contributed by atoms with E-state index in [1.807, 2.05) is 20.1 Å². The van der Waals surface area contributed by atoms with E-state index >= 15 is 0 Å². The number of rotatable bonds is 12. The first-order valence-corrected chi connectivity index (χ1v) is 10.9. The zero-order chi connectivity index (χ0) is 22.0. The van der Waals surface area contributed by atoms with E-state index in [1.165, 1.54) is 23.9 Å². The zero-order valence-electron chi connectivity index (χ0n) is 17.1. The molecular formula is C20H31N3O5S. The molecule has 9 heteroatoms. The van der Waals surface area contributed by atoms with Crippen LogP contribution < -0.4 is 16.4 Å². The summed E-state index contributed by atoms with van der Waals surface area (Å²) in [5.74, 6) is -1.59. The molecular weight excluding hydrogens is 394 g/mol. The Balaban J connectivity index is 2.98. The highest BCUT2D eigenvalue weighted by Crippen LogP contribution is 2.13. The van der Waals surface area contributed by atoms with Crippen molar-refractivity contribution >= 4 is 29.5 Å². The normalized spacial score (nSPS) is 15.0. The first kappa shape index (κ1) is 24.8. The molecule has 0 spiro atoms. The lowest BCUT2D eigenvalue weighted by atomic mass is 9.98. The molecule has 8 nitrogen and oxygen atoms in total. The number of aromatic hydroxyl groups is 1. The van der Waals surface area contributed by atoms with Gasteiger partial charge in [0.25, 0.3) is 0 Å². The molecule has 162 valence electrons. The maximum absolute atomic E-state index is 12.8. The van der Waals surface area contributed by atoms with Gasteiger partial charge in [-0.1, -0.05) is 32.4 Å². The molecule has 4 atom stereocenters. The molecule has 0 aliphatic rings. The van der Waals surface area contributed by atoms with E-state index in [9.17, 15) is 24.6 Å². The summed E-state index contributed by atoms with van der Waals surface area (Å²) in [4.78, 5) is 36.8. The Morgan fingerprint density at radius 1 is 1.10 bits per heavy atom. The van der Waals surface area contributed by atoms with Crippen LogP contribution in [-0.4, -0.2) is 58.1 Å². The Kier molecular flexibility index (Phi) is 10.5. The smallest absolute Gasteiger partial charge is 0.326 e. The molecule has 0 aliphatic carbocycles. The van der Waals surface area contributed by atoms with Crippen molar-refractivity contribution in [3.63, 3.8) is 0 Å². The molecule has 0 aliphatic heterocycles. The molecule has 6 N–H and O–H groups in total. The maximum Gasteiger partial charge on any atom is 0.326 e. The number of carbonyl (C=O) groups excluding carboxylic acids is 2. The predicted octanol–water partition coefficient (Wildman–Crippen LogP) is 1.12. The molecule has 0 heterocycles. The molecule has 1 aromatic carbocycles. The number of benzene rings is 1. The molecule has 0 fully saturated rings. The summed E-state index contributed by atoms with van der Waals surface area (Å²) in [6.45, 7) is 3.77. The number of thioether (sulfide) groups is 1. The summed E-state index contributed by atoms with van der Waals surface area (Å²) in [6, 6.07) is 3.43. The molecule has 1 aromatic rings. The van der Waals surface area contributed by atoms with Gasteiger partial charge in [-0.05, 0) is 42.0 Å². The number of nitrogens with two attached hydrogens (primary N) is 1. The molecule has 0 saturated heterocycles. The highest BCUT2D eigenvalue weighted by atomic mass is 32.2. The van der Waals surface area contributed by atoms with Crippen molar-refractivity contribution in [2.24, 2.45) is 11.7 Å². The van der Waals surface area contributed by atoms with Crippen LogP contribution in [0.2, 0.25) is 0 Å². The molecule has 0 aromatic heterocycles. The summed E-state index contributed by atoms with van der Waals surface area (Å²) in [6.07, 6.45) is 2.97. The van der Waals surface area contributed by atoms with Crippen LogP contribution in [-0.2, 0) is 20.8 Å². The van der Waals surface area contributed by atoms with Gasteiger partial charge in [-0.15, -0.1) is 0 Å². The second-order valence-electron chi connectivity index (χ2n) is 7.02. The lowest BCUT2D eigenvalue weighted by Crippen LogP contribution is -2.56. The number of amides is 2. The van der Waals surface area contributed by atoms with Crippen molar-refractivity contribution in [1.29, 1.82) is 0 Å². The van der Waals surface area contributed by atoms with E-state index in [-0.39, 0.29) is 24.5 Å². The van der Waals surface area contributed by atoms with Crippen molar-refractivity contribution in [2.45, 2.75) is 51.2 Å². The van der Waals surface area contributed by atoms with Gasteiger partial charge in [-0.2, -0.15) is 11.8 Å². The fraction of sp³-hybridized carbons (Fsp3) is 0.550. The quantitative estimate of drug-likeness (QED) is 0.338. The fourth-order valence-corrected chi connectivity index (χ4v) is 3.09. The monoisotopic (exact) mass is 425 g/mol. The average Bonchev–Trinajstić information content (AvgIpc) is 2.70. The van der Waals surface area contributed by atoms with Crippen molar-refractivity contribution in [3.8, 4) is 5.75 Å². The van der Waals surface area contributed by atoms with Gasteiger partial charge in [0.1, 0.15) is 17.8 Å². The third-order valence-corrected chi connectivity index (χ3v) is 5.44. The Hall–Kier alpha value is -2.26. The van der Waals surface area contributed by atoms with Gasteiger partial charge in [-0.25, -0.2) is 4.79 Å². The average molecular weight is 426 g/mol. The van der Waals surface area contributed by atoms with E-state index in [4.69, 9.17) is 5.73 Å². The number of carboxylic acid groups (broad SMARTS) is 1. The summed E-state index contributed by atoms with van der Waals surface area (Å²) in [5, 5.41) is 24.0. The van der Waals surface area contributed by atoms with E-state index in [2.05, 4.69) is 10.6 Å². The lowest BCUT2D eigenvalue weighted by Gasteiger charge is -2.24. The van der Waals surface area contributed by atoms with Gasteiger partial charge in [-0.3, -0.25) is 9.59 Å². The highest BCUT2D eigenvalue weighted by Gasteiger charge is 2.29. The van der Waals surface area contributed by atoms with Gasteiger partial charge in [0, 0.05) is 6.42 Å². The predicted molar refractivity (Wildman–Crippen MR) is 114 cm³/mol. The standard InChI is InChI=1S/C20H31N3O5S/c1-4-12(2)17(21)19(26)23-16(11-13-5-7-14(24)8-6-13)18(25)22-15(20(27)28)9-10-29-3/h5-8,12,15-17,24H,4,9-11,21H2,1-3H3,(H,22,25)(H,23,26)(H,27,28)/t12-,15-,16-,17-/m0/s1. The van der Waals surface area contributed by atoms with Crippen LogP contribution in [0.1, 0.15) is 32.3 Å². The lowest BCUT2D eigenvalue weighted by molar-refractivity contribution is -0.142. The number of nitrogens with one attached hydrogen (secondary N) is 2. The van der Waals surface area contributed by atoms with Crippen molar-refractivity contribution in [1.82, 2.24) is 10.6 Å². The first-order valence-electron chi connectivity index (χ1n) is 9.55. The van der Waals surface area contributed by atoms with Gasteiger partial charge in [0.2, 0.25) is 11.8 Å². The third kappa shape index (κ3) is 8.33. The van der Waals surface area contributed by atoms with Crippen LogP contribution in [0.3, 0.4) is 0 Å².